The molecule has 2 aromatic heterocycles. The van der Waals surface area contributed by atoms with Gasteiger partial charge in [-0.1, -0.05) is 133 Å². The zero-order valence-corrected chi connectivity index (χ0v) is 28.0. The fraction of sp³-hybridized carbons (Fsp3) is 0.122. The third-order valence-corrected chi connectivity index (χ3v) is 19.5. The number of nitrogens with zero attached hydrogens (tertiary/aromatic N) is 1. The van der Waals surface area contributed by atoms with E-state index in [1.807, 2.05) is 0 Å². The van der Waals surface area contributed by atoms with Crippen molar-refractivity contribution in [2.45, 2.75) is 24.3 Å². The van der Waals surface area contributed by atoms with Crippen molar-refractivity contribution in [3.63, 3.8) is 0 Å². The molecule has 6 aromatic carbocycles. The smallest absolute Gasteiger partial charge is 0.208 e. The summed E-state index contributed by atoms with van der Waals surface area (Å²) in [6.07, 6.45) is 2.09. The van der Waals surface area contributed by atoms with Gasteiger partial charge >= 0.3 is 0 Å². The second kappa shape index (κ2) is 10.3. The number of hydrogen-bond donors (Lipinski definition) is 0. The first kappa shape index (κ1) is 27.2. The quantitative estimate of drug-likeness (QED) is 0.177. The van der Waals surface area contributed by atoms with E-state index in [2.05, 4.69) is 150 Å². The van der Waals surface area contributed by atoms with Crippen LogP contribution in [-0.2, 0) is 10.7 Å². The van der Waals surface area contributed by atoms with Crippen molar-refractivity contribution in [2.24, 2.45) is 0 Å². The molecule has 1 fully saturated rings. The molecule has 10 rings (SSSR count). The molecule has 2 nitrogen and oxygen atoms in total. The molecule has 0 radical (unpaired) electrons. The Morgan fingerprint density at radius 2 is 0.957 bits per heavy atom. The van der Waals surface area contributed by atoms with Crippen molar-refractivity contribution in [1.29, 1.82) is 0 Å². The van der Waals surface area contributed by atoms with Gasteiger partial charge in [0.05, 0.1) is 0 Å². The molecule has 0 N–H and O–H groups in total. The Bertz CT molecular complexity index is 2390. The lowest BCUT2D eigenvalue weighted by molar-refractivity contribution is 0.409. The minimum absolute atomic E-state index is 0.211. The van der Waals surface area contributed by atoms with Gasteiger partial charge in [0.2, 0.25) is 7.29 Å². The topological polar surface area (TPSA) is 20.3 Å². The van der Waals surface area contributed by atoms with E-state index in [9.17, 15) is 0 Å². The van der Waals surface area contributed by atoms with Gasteiger partial charge in [0.25, 0.3) is 0 Å². The second-order valence-corrected chi connectivity index (χ2v) is 20.1. The number of rotatable bonds is 4. The molecule has 0 saturated carbocycles. The normalized spacial score (nSPS) is 19.0. The van der Waals surface area contributed by atoms with Gasteiger partial charge in [0.15, 0.2) is 0 Å². The molecule has 0 aliphatic carbocycles. The van der Waals surface area contributed by atoms with E-state index in [-0.39, 0.29) is 6.04 Å². The Hall–Kier alpha value is -3.89. The zero-order chi connectivity index (χ0) is 30.4. The monoisotopic (exact) mass is 647 g/mol. The van der Waals surface area contributed by atoms with E-state index >= 15 is 4.57 Å². The van der Waals surface area contributed by atoms with Gasteiger partial charge in [-0.3, -0.25) is 4.57 Å². The Labute approximate surface area is 270 Å². The molecule has 8 aromatic rings. The van der Waals surface area contributed by atoms with Crippen LogP contribution in [0, 0.1) is 0 Å². The lowest BCUT2D eigenvalue weighted by atomic mass is 10.1. The fourth-order valence-corrected chi connectivity index (χ4v) is 18.6. The highest BCUT2D eigenvalue weighted by molar-refractivity contribution is 7.78. The number of benzene rings is 6. The second-order valence-electron chi connectivity index (χ2n) is 12.8. The summed E-state index contributed by atoms with van der Waals surface area (Å²) in [4.78, 5) is 0. The van der Waals surface area contributed by atoms with Crippen LogP contribution < -0.4 is 10.6 Å². The summed E-state index contributed by atoms with van der Waals surface area (Å²) in [7, 11) is -4.23. The van der Waals surface area contributed by atoms with Gasteiger partial charge < -0.3 is 0 Å². The Morgan fingerprint density at radius 3 is 1.48 bits per heavy atom. The fourth-order valence-electron chi connectivity index (χ4n) is 8.67. The van der Waals surface area contributed by atoms with E-state index < -0.39 is 22.4 Å². The largest absolute Gasteiger partial charge is 0.296 e. The van der Waals surface area contributed by atoms with E-state index in [1.54, 1.807) is 0 Å². The highest BCUT2D eigenvalue weighted by atomic mass is 31.2. The summed E-state index contributed by atoms with van der Waals surface area (Å²) < 4.78 is 18.7. The molecule has 222 valence electrons. The molecule has 0 amide bonds. The standard InChI is InChI=1S/C41H32NOP3/c43-46(40-23-11-5-17-34(40)35-18-6-12-24-41(35)46)42-26-29(45-38-21-9-3-15-32(38)33-16-4-10-22-39(33)45)25-28(42)27-44-36-19-7-1-13-30(36)31-14-2-8-20-37(31)44/h1-24,28-29H,25-27H2/t28-,29-/m0/s1. The van der Waals surface area contributed by atoms with E-state index in [0.29, 0.717) is 5.66 Å². The molecule has 0 spiro atoms. The number of fused-ring (bicyclic) bond motifs is 9. The van der Waals surface area contributed by atoms with Crippen LogP contribution >= 0.6 is 22.4 Å². The molecule has 0 bridgehead atoms. The highest BCUT2D eigenvalue weighted by Gasteiger charge is 2.50. The van der Waals surface area contributed by atoms with Crippen LogP contribution in [0.4, 0.5) is 0 Å². The molecule has 5 heteroatoms. The minimum atomic E-state index is -3.07. The van der Waals surface area contributed by atoms with Crippen molar-refractivity contribution < 1.29 is 4.57 Å². The van der Waals surface area contributed by atoms with Crippen molar-refractivity contribution in [1.82, 2.24) is 4.67 Å². The van der Waals surface area contributed by atoms with Crippen LogP contribution in [0.5, 0.6) is 0 Å². The summed E-state index contributed by atoms with van der Waals surface area (Å²) in [6.45, 7) is 0.853. The first-order valence-corrected chi connectivity index (χ1v) is 20.8. The maximum Gasteiger partial charge on any atom is 0.208 e. The number of hydrogen-bond acceptors (Lipinski definition) is 1. The zero-order valence-electron chi connectivity index (χ0n) is 25.3. The van der Waals surface area contributed by atoms with Crippen LogP contribution in [-0.4, -0.2) is 17.3 Å². The summed E-state index contributed by atoms with van der Waals surface area (Å²) in [5.41, 5.74) is 2.72. The summed E-state index contributed by atoms with van der Waals surface area (Å²) in [6, 6.07) is 53.4. The van der Waals surface area contributed by atoms with Crippen molar-refractivity contribution >= 4 is 75.0 Å². The molecule has 2 aliphatic heterocycles. The maximum atomic E-state index is 16.1. The minimum Gasteiger partial charge on any atom is -0.296 e. The molecule has 2 aliphatic rings. The first-order chi connectivity index (χ1) is 22.7. The van der Waals surface area contributed by atoms with Crippen molar-refractivity contribution in [2.75, 3.05) is 6.54 Å². The SMILES string of the molecule is O=P1(N2C[C@@H](p3c4ccccc4c4ccccc43)C[C@H]2Cp2c3ccccc3c3ccccc32)c2ccccc2-c2ccccc21. The van der Waals surface area contributed by atoms with Crippen molar-refractivity contribution in [3.8, 4) is 11.1 Å². The Kier molecular flexibility index (Phi) is 6.10. The molecule has 46 heavy (non-hydrogen) atoms. The summed E-state index contributed by atoms with van der Waals surface area (Å²) >= 11 is 0. The maximum absolute atomic E-state index is 16.1. The Balaban J connectivity index is 1.20. The van der Waals surface area contributed by atoms with Crippen LogP contribution in [0.25, 0.3) is 53.1 Å². The lowest BCUT2D eigenvalue weighted by Gasteiger charge is -2.32. The predicted octanol–water partition coefficient (Wildman–Crippen LogP) is 11.5. The molecule has 2 atom stereocenters. The molecule has 0 unspecified atom stereocenters. The lowest BCUT2D eigenvalue weighted by Crippen LogP contribution is -2.34. The van der Waals surface area contributed by atoms with E-state index in [0.717, 1.165) is 40.9 Å². The van der Waals surface area contributed by atoms with Crippen LogP contribution in [0.3, 0.4) is 0 Å². The van der Waals surface area contributed by atoms with Crippen LogP contribution in [0.2, 0.25) is 0 Å². The Morgan fingerprint density at radius 1 is 0.543 bits per heavy atom. The van der Waals surface area contributed by atoms with Gasteiger partial charge in [0.1, 0.15) is 0 Å². The van der Waals surface area contributed by atoms with Crippen molar-refractivity contribution in [3.05, 3.63) is 146 Å². The average Bonchev–Trinajstić information content (AvgIpc) is 3.84. The van der Waals surface area contributed by atoms with Crippen LogP contribution in [0.1, 0.15) is 12.1 Å². The molecule has 4 heterocycles. The predicted molar refractivity (Wildman–Crippen MR) is 201 cm³/mol. The molecule has 1 saturated heterocycles. The average molecular weight is 648 g/mol. The highest BCUT2D eigenvalue weighted by Crippen LogP contribution is 2.66. The van der Waals surface area contributed by atoms with E-state index in [1.165, 1.54) is 42.0 Å². The molecular formula is C41H32NOP3. The van der Waals surface area contributed by atoms with Crippen LogP contribution in [0.15, 0.2) is 146 Å². The van der Waals surface area contributed by atoms with Gasteiger partial charge in [0, 0.05) is 55.5 Å². The third-order valence-electron chi connectivity index (χ3n) is 10.5. The molecular weight excluding hydrogens is 615 g/mol. The van der Waals surface area contributed by atoms with Gasteiger partial charge in [-0.2, -0.15) is 0 Å². The van der Waals surface area contributed by atoms with Gasteiger partial charge in [-0.25, -0.2) is 4.67 Å². The van der Waals surface area contributed by atoms with E-state index in [4.69, 9.17) is 0 Å². The first-order valence-electron chi connectivity index (χ1n) is 16.2. The summed E-state index contributed by atoms with van der Waals surface area (Å²) in [5, 5.41) is 13.6. The summed E-state index contributed by atoms with van der Waals surface area (Å²) in [5.74, 6) is 0. The van der Waals surface area contributed by atoms with Gasteiger partial charge in [-0.05, 0) is 51.2 Å². The third kappa shape index (κ3) is 3.74. The van der Waals surface area contributed by atoms with Gasteiger partial charge in [-0.15, -0.1) is 15.1 Å².